The number of rotatable bonds is 6. The second kappa shape index (κ2) is 6.71. The van der Waals surface area contributed by atoms with E-state index in [1.807, 2.05) is 0 Å². The van der Waals surface area contributed by atoms with Gasteiger partial charge in [-0.2, -0.15) is 0 Å². The van der Waals surface area contributed by atoms with E-state index in [0.29, 0.717) is 0 Å². The molecule has 0 saturated carbocycles. The minimum Gasteiger partial charge on any atom is -0.423 e. The highest BCUT2D eigenvalue weighted by molar-refractivity contribution is 6.66. The van der Waals surface area contributed by atoms with Gasteiger partial charge in [0.2, 0.25) is 0 Å². The van der Waals surface area contributed by atoms with E-state index in [0.717, 1.165) is 0 Å². The second-order valence-corrected chi connectivity index (χ2v) is 6.22. The molecule has 10 heteroatoms. The van der Waals surface area contributed by atoms with Gasteiger partial charge in [-0.3, -0.25) is 0 Å². The van der Waals surface area contributed by atoms with Gasteiger partial charge in [0, 0.05) is 0 Å². The molecule has 0 bridgehead atoms. The predicted molar refractivity (Wildman–Crippen MR) is 85.2 cm³/mol. The van der Waals surface area contributed by atoms with Crippen molar-refractivity contribution in [2.45, 2.75) is 38.9 Å². The average molecular weight is 310 g/mol. The van der Waals surface area contributed by atoms with Crippen LogP contribution in [0, 0.1) is 0 Å². The molecule has 0 spiro atoms. The van der Waals surface area contributed by atoms with Gasteiger partial charge in [0.1, 0.15) is 0 Å². The topological polar surface area (TPSA) is 131 Å². The van der Waals surface area contributed by atoms with Crippen molar-refractivity contribution in [3.63, 3.8) is 0 Å². The summed E-state index contributed by atoms with van der Waals surface area (Å²) in [5, 5.41) is 57.1. The molecule has 0 saturated heterocycles. The normalized spacial score (nSPS) is 12.3. The molecule has 0 radical (unpaired) electrons. The Morgan fingerprint density at radius 1 is 0.773 bits per heavy atom. The van der Waals surface area contributed by atoms with E-state index in [1.54, 1.807) is 13.8 Å². The van der Waals surface area contributed by atoms with E-state index in [-0.39, 0.29) is 16.4 Å². The first-order chi connectivity index (χ1) is 9.85. The summed E-state index contributed by atoms with van der Waals surface area (Å²) < 4.78 is 5.44. The van der Waals surface area contributed by atoms with Crippen LogP contribution in [0.1, 0.15) is 27.7 Å². The van der Waals surface area contributed by atoms with E-state index < -0.39 is 32.6 Å². The van der Waals surface area contributed by atoms with E-state index in [2.05, 4.69) is 0 Å². The highest BCUT2D eigenvalue weighted by Gasteiger charge is 2.39. The number of hydrogen-bond donors (Lipinski definition) is 6. The van der Waals surface area contributed by atoms with Crippen molar-refractivity contribution in [3.05, 3.63) is 18.2 Å². The van der Waals surface area contributed by atoms with E-state index in [1.165, 1.54) is 32.0 Å². The first-order valence-electron chi connectivity index (χ1n) is 6.80. The molecule has 0 aliphatic heterocycles. The SMILES string of the molecule is CC(C)(O)C(C)(C)OB(O)c1cc(B(O)O)cc(B(O)O)c1. The molecule has 6 N–H and O–H groups in total. The fourth-order valence-corrected chi connectivity index (χ4v) is 1.63. The molecule has 0 aliphatic rings. The Morgan fingerprint density at radius 2 is 1.14 bits per heavy atom. The lowest BCUT2D eigenvalue weighted by Crippen LogP contribution is -2.54. The highest BCUT2D eigenvalue weighted by Crippen LogP contribution is 2.25. The van der Waals surface area contributed by atoms with Gasteiger partial charge in [-0.1, -0.05) is 18.2 Å². The summed E-state index contributed by atoms with van der Waals surface area (Å²) in [6.07, 6.45) is 0. The van der Waals surface area contributed by atoms with Gasteiger partial charge in [0.25, 0.3) is 0 Å². The first kappa shape index (κ1) is 19.2. The van der Waals surface area contributed by atoms with Crippen molar-refractivity contribution in [1.29, 1.82) is 0 Å². The summed E-state index contributed by atoms with van der Waals surface area (Å²) in [6, 6.07) is 3.72. The van der Waals surface area contributed by atoms with Crippen molar-refractivity contribution in [2.24, 2.45) is 0 Å². The van der Waals surface area contributed by atoms with Crippen LogP contribution in [0.3, 0.4) is 0 Å². The Hall–Kier alpha value is -0.865. The molecular weight excluding hydrogens is 289 g/mol. The minimum atomic E-state index is -1.84. The van der Waals surface area contributed by atoms with Crippen LogP contribution >= 0.6 is 0 Å². The molecule has 0 heterocycles. The van der Waals surface area contributed by atoms with E-state index in [9.17, 15) is 30.2 Å². The maximum atomic E-state index is 10.2. The largest absolute Gasteiger partial charge is 0.491 e. The third-order valence-corrected chi connectivity index (χ3v) is 3.76. The molecular formula is C12H21B3O7. The van der Waals surface area contributed by atoms with Crippen LogP contribution < -0.4 is 16.4 Å². The van der Waals surface area contributed by atoms with Gasteiger partial charge in [-0.05, 0) is 44.1 Å². The van der Waals surface area contributed by atoms with Crippen molar-refractivity contribution >= 4 is 37.7 Å². The summed E-state index contributed by atoms with van der Waals surface area (Å²) in [6.45, 7) is 6.22. The maximum absolute atomic E-state index is 10.2. The molecule has 7 nitrogen and oxygen atoms in total. The van der Waals surface area contributed by atoms with Crippen molar-refractivity contribution in [3.8, 4) is 0 Å². The van der Waals surface area contributed by atoms with Gasteiger partial charge < -0.3 is 34.9 Å². The molecule has 0 unspecified atom stereocenters. The van der Waals surface area contributed by atoms with Crippen LogP contribution in [0.5, 0.6) is 0 Å². The fourth-order valence-electron chi connectivity index (χ4n) is 1.63. The monoisotopic (exact) mass is 310 g/mol. The minimum absolute atomic E-state index is 0.0238. The Morgan fingerprint density at radius 3 is 1.45 bits per heavy atom. The van der Waals surface area contributed by atoms with Crippen molar-refractivity contribution < 1.29 is 34.9 Å². The number of hydrogen-bond acceptors (Lipinski definition) is 7. The Labute approximate surface area is 130 Å². The van der Waals surface area contributed by atoms with Gasteiger partial charge >= 0.3 is 21.4 Å². The van der Waals surface area contributed by atoms with Crippen LogP contribution in [0.2, 0.25) is 0 Å². The van der Waals surface area contributed by atoms with Gasteiger partial charge in [-0.15, -0.1) is 0 Å². The molecule has 0 aliphatic carbocycles. The van der Waals surface area contributed by atoms with Crippen LogP contribution in [-0.2, 0) is 4.65 Å². The zero-order chi connectivity index (χ0) is 17.3. The van der Waals surface area contributed by atoms with Crippen LogP contribution in [0.15, 0.2) is 18.2 Å². The summed E-state index contributed by atoms with van der Waals surface area (Å²) in [7, 11) is -5.18. The standard InChI is InChI=1S/C12H21B3O7/c1-11(2,16)12(3,4)22-15(21)10-6-8(13(17)18)5-9(7-10)14(19)20/h5-7,16-21H,1-4H3. The van der Waals surface area contributed by atoms with Crippen LogP contribution in [0.25, 0.3) is 0 Å². The smallest absolute Gasteiger partial charge is 0.423 e. The highest BCUT2D eigenvalue weighted by atomic mass is 16.5. The van der Waals surface area contributed by atoms with Gasteiger partial charge in [-0.25, -0.2) is 0 Å². The summed E-state index contributed by atoms with van der Waals surface area (Å²) in [4.78, 5) is 0. The Bertz CT molecular complexity index is 488. The lowest BCUT2D eigenvalue weighted by Gasteiger charge is -2.38. The average Bonchev–Trinajstić information content (AvgIpc) is 2.36. The molecule has 22 heavy (non-hydrogen) atoms. The zero-order valence-electron chi connectivity index (χ0n) is 13.1. The Kier molecular flexibility index (Phi) is 5.85. The molecule has 0 fully saturated rings. The quantitative estimate of drug-likeness (QED) is 0.298. The fraction of sp³-hybridized carbons (Fsp3) is 0.500. The maximum Gasteiger partial charge on any atom is 0.491 e. The Balaban J connectivity index is 3.15. The molecule has 1 rings (SSSR count). The lowest BCUT2D eigenvalue weighted by atomic mass is 9.66. The number of benzene rings is 1. The van der Waals surface area contributed by atoms with E-state index >= 15 is 0 Å². The van der Waals surface area contributed by atoms with Crippen molar-refractivity contribution in [2.75, 3.05) is 0 Å². The molecule has 1 aromatic carbocycles. The summed E-state index contributed by atoms with van der Waals surface area (Å²) in [5.74, 6) is 0. The molecule has 0 aromatic heterocycles. The molecule has 0 amide bonds. The summed E-state index contributed by atoms with van der Waals surface area (Å²) >= 11 is 0. The van der Waals surface area contributed by atoms with Crippen molar-refractivity contribution in [1.82, 2.24) is 0 Å². The van der Waals surface area contributed by atoms with E-state index in [4.69, 9.17) is 4.65 Å². The third kappa shape index (κ3) is 4.56. The molecule has 1 aromatic rings. The lowest BCUT2D eigenvalue weighted by molar-refractivity contribution is -0.0982. The second-order valence-electron chi connectivity index (χ2n) is 6.22. The van der Waals surface area contributed by atoms with Gasteiger partial charge in [0.05, 0.1) is 11.2 Å². The summed E-state index contributed by atoms with van der Waals surface area (Å²) in [5.41, 5.74) is -2.31. The van der Waals surface area contributed by atoms with Gasteiger partial charge in [0.15, 0.2) is 0 Å². The third-order valence-electron chi connectivity index (χ3n) is 3.76. The first-order valence-corrected chi connectivity index (χ1v) is 6.80. The molecule has 120 valence electrons. The zero-order valence-corrected chi connectivity index (χ0v) is 13.1. The predicted octanol–water partition coefficient (Wildman–Crippen LogP) is -3.70. The van der Waals surface area contributed by atoms with Crippen LogP contribution in [-0.4, -0.2) is 62.8 Å². The van der Waals surface area contributed by atoms with Crippen LogP contribution in [0.4, 0.5) is 0 Å². The number of aliphatic hydroxyl groups is 1. The molecule has 0 atom stereocenters.